The Labute approximate surface area is 129 Å². The first-order chi connectivity index (χ1) is 10.2. The van der Waals surface area contributed by atoms with Gasteiger partial charge in [0.25, 0.3) is 0 Å². The molecule has 2 N–H and O–H groups in total. The van der Waals surface area contributed by atoms with Crippen molar-refractivity contribution >= 4 is 34.3 Å². The third-order valence-electron chi connectivity index (χ3n) is 2.91. The zero-order chi connectivity index (χ0) is 14.7. The number of carbonyl (C=O) groups is 1. The van der Waals surface area contributed by atoms with Crippen LogP contribution in [0, 0.1) is 0 Å². The fourth-order valence-electron chi connectivity index (χ4n) is 1.90. The summed E-state index contributed by atoms with van der Waals surface area (Å²) in [5, 5.41) is 16.8. The van der Waals surface area contributed by atoms with Gasteiger partial charge < -0.3 is 10.4 Å². The van der Waals surface area contributed by atoms with E-state index < -0.39 is 5.97 Å². The molecule has 2 heterocycles. The Bertz CT molecular complexity index is 751. The van der Waals surface area contributed by atoms with Gasteiger partial charge in [-0.1, -0.05) is 12.1 Å². The molecule has 2 aromatic heterocycles. The highest BCUT2D eigenvalue weighted by molar-refractivity contribution is 7.13. The second-order valence-electron chi connectivity index (χ2n) is 4.38. The summed E-state index contributed by atoms with van der Waals surface area (Å²) < 4.78 is 0. The van der Waals surface area contributed by atoms with E-state index in [4.69, 9.17) is 5.11 Å². The van der Waals surface area contributed by atoms with Crippen LogP contribution in [0.2, 0.25) is 0 Å². The molecule has 4 nitrogen and oxygen atoms in total. The predicted molar refractivity (Wildman–Crippen MR) is 86.2 cm³/mol. The molecule has 0 unspecified atom stereocenters. The second-order valence-corrected chi connectivity index (χ2v) is 6.27. The number of benzene rings is 1. The lowest BCUT2D eigenvalue weighted by Gasteiger charge is -2.06. The maximum Gasteiger partial charge on any atom is 0.336 e. The molecule has 0 bridgehead atoms. The van der Waals surface area contributed by atoms with Crippen LogP contribution in [-0.2, 0) is 6.54 Å². The molecule has 0 saturated carbocycles. The number of carboxylic acids is 1. The van der Waals surface area contributed by atoms with Crippen molar-refractivity contribution in [1.82, 2.24) is 4.98 Å². The molecule has 0 aliphatic rings. The molecule has 0 amide bonds. The van der Waals surface area contributed by atoms with E-state index in [0.717, 1.165) is 21.1 Å². The number of nitrogens with zero attached hydrogens (tertiary/aromatic N) is 1. The van der Waals surface area contributed by atoms with Crippen LogP contribution in [0.15, 0.2) is 47.3 Å². The summed E-state index contributed by atoms with van der Waals surface area (Å²) in [5.74, 6) is -0.886. The lowest BCUT2D eigenvalue weighted by atomic mass is 10.2. The number of aromatic nitrogens is 1. The second kappa shape index (κ2) is 6.07. The van der Waals surface area contributed by atoms with Crippen LogP contribution in [0.25, 0.3) is 10.6 Å². The van der Waals surface area contributed by atoms with Gasteiger partial charge in [0.1, 0.15) is 5.01 Å². The van der Waals surface area contributed by atoms with Crippen LogP contribution >= 0.6 is 22.7 Å². The van der Waals surface area contributed by atoms with Crippen molar-refractivity contribution in [2.24, 2.45) is 0 Å². The van der Waals surface area contributed by atoms with Crippen molar-refractivity contribution in [2.75, 3.05) is 5.32 Å². The maximum absolute atomic E-state index is 10.8. The molecule has 0 saturated heterocycles. The van der Waals surface area contributed by atoms with Gasteiger partial charge in [-0.15, -0.1) is 22.7 Å². The molecule has 0 atom stereocenters. The van der Waals surface area contributed by atoms with Crippen LogP contribution in [0.1, 0.15) is 15.2 Å². The van der Waals surface area contributed by atoms with Crippen molar-refractivity contribution in [3.05, 3.63) is 57.7 Å². The summed E-state index contributed by atoms with van der Waals surface area (Å²) in [6, 6.07) is 9.74. The Hall–Kier alpha value is -2.18. The minimum absolute atomic E-state index is 0.341. The fraction of sp³-hybridized carbons (Fsp3) is 0.0667. The first kappa shape index (κ1) is 13.8. The Morgan fingerprint density at radius 1 is 1.29 bits per heavy atom. The van der Waals surface area contributed by atoms with E-state index in [-0.39, 0.29) is 0 Å². The molecule has 0 fully saturated rings. The molecule has 21 heavy (non-hydrogen) atoms. The third-order valence-corrected chi connectivity index (χ3v) is 4.67. The number of aromatic carboxylic acids is 1. The Morgan fingerprint density at radius 2 is 2.19 bits per heavy atom. The van der Waals surface area contributed by atoms with Gasteiger partial charge in [-0.25, -0.2) is 9.78 Å². The number of hydrogen-bond acceptors (Lipinski definition) is 5. The van der Waals surface area contributed by atoms with Gasteiger partial charge in [-0.2, -0.15) is 0 Å². The molecular weight excluding hydrogens is 304 g/mol. The monoisotopic (exact) mass is 316 g/mol. The number of anilines is 1. The Morgan fingerprint density at radius 3 is 2.90 bits per heavy atom. The number of thiophene rings is 1. The zero-order valence-electron chi connectivity index (χ0n) is 10.9. The minimum Gasteiger partial charge on any atom is -0.478 e. The number of hydrogen-bond donors (Lipinski definition) is 2. The zero-order valence-corrected chi connectivity index (χ0v) is 12.6. The van der Waals surface area contributed by atoms with E-state index in [0.29, 0.717) is 12.1 Å². The highest BCUT2D eigenvalue weighted by Gasteiger charge is 2.06. The van der Waals surface area contributed by atoms with Crippen LogP contribution in [0.3, 0.4) is 0 Å². The van der Waals surface area contributed by atoms with E-state index in [2.05, 4.69) is 10.3 Å². The predicted octanol–water partition coefficient (Wildman–Crippen LogP) is 4.18. The molecule has 0 aliphatic heterocycles. The normalized spacial score (nSPS) is 10.5. The van der Waals surface area contributed by atoms with Crippen LogP contribution in [0.5, 0.6) is 0 Å². The quantitative estimate of drug-likeness (QED) is 0.741. The summed E-state index contributed by atoms with van der Waals surface area (Å²) in [7, 11) is 0. The average Bonchev–Trinajstić information content (AvgIpc) is 3.17. The van der Waals surface area contributed by atoms with E-state index in [1.807, 2.05) is 29.6 Å². The van der Waals surface area contributed by atoms with Crippen LogP contribution in [0.4, 0.5) is 5.69 Å². The lowest BCUT2D eigenvalue weighted by Crippen LogP contribution is -1.98. The molecule has 106 valence electrons. The van der Waals surface area contributed by atoms with Crippen LogP contribution in [-0.4, -0.2) is 16.1 Å². The molecular formula is C15H12N2O2S2. The SMILES string of the molecule is O=C(O)c1csc(CNc2cccc(-c3nccs3)c2)c1. The molecule has 3 aromatic rings. The van der Waals surface area contributed by atoms with Gasteiger partial charge in [0, 0.05) is 39.6 Å². The maximum atomic E-state index is 10.8. The minimum atomic E-state index is -0.886. The summed E-state index contributed by atoms with van der Waals surface area (Å²) in [6.07, 6.45) is 1.79. The molecule has 1 aromatic carbocycles. The highest BCUT2D eigenvalue weighted by Crippen LogP contribution is 2.25. The highest BCUT2D eigenvalue weighted by atomic mass is 32.1. The summed E-state index contributed by atoms with van der Waals surface area (Å²) in [4.78, 5) is 16.1. The molecule has 0 spiro atoms. The number of carboxylic acid groups (broad SMARTS) is 1. The summed E-state index contributed by atoms with van der Waals surface area (Å²) in [5.41, 5.74) is 2.41. The number of rotatable bonds is 5. The van der Waals surface area contributed by atoms with E-state index in [1.165, 1.54) is 11.3 Å². The van der Waals surface area contributed by atoms with Gasteiger partial charge >= 0.3 is 5.97 Å². The number of nitrogens with one attached hydrogen (secondary N) is 1. The topological polar surface area (TPSA) is 62.2 Å². The van der Waals surface area contributed by atoms with Crippen molar-refractivity contribution in [3.8, 4) is 10.6 Å². The molecule has 0 aliphatic carbocycles. The largest absolute Gasteiger partial charge is 0.478 e. The Balaban J connectivity index is 1.70. The van der Waals surface area contributed by atoms with Gasteiger partial charge in [-0.3, -0.25) is 0 Å². The van der Waals surface area contributed by atoms with Gasteiger partial charge in [0.15, 0.2) is 0 Å². The van der Waals surface area contributed by atoms with E-state index in [9.17, 15) is 4.79 Å². The van der Waals surface area contributed by atoms with Crippen LogP contribution < -0.4 is 5.32 Å². The van der Waals surface area contributed by atoms with Gasteiger partial charge in [-0.05, 0) is 18.2 Å². The van der Waals surface area contributed by atoms with Crippen molar-refractivity contribution in [3.63, 3.8) is 0 Å². The smallest absolute Gasteiger partial charge is 0.336 e. The first-order valence-electron chi connectivity index (χ1n) is 6.27. The molecule has 6 heteroatoms. The number of thiazole rings is 1. The van der Waals surface area contributed by atoms with E-state index >= 15 is 0 Å². The lowest BCUT2D eigenvalue weighted by molar-refractivity contribution is 0.0697. The third kappa shape index (κ3) is 3.29. The van der Waals surface area contributed by atoms with Crippen molar-refractivity contribution < 1.29 is 9.90 Å². The first-order valence-corrected chi connectivity index (χ1v) is 8.03. The average molecular weight is 316 g/mol. The summed E-state index contributed by atoms with van der Waals surface area (Å²) >= 11 is 3.05. The van der Waals surface area contributed by atoms with Gasteiger partial charge in [0.05, 0.1) is 5.56 Å². The molecule has 0 radical (unpaired) electrons. The molecule has 3 rings (SSSR count). The summed E-state index contributed by atoms with van der Waals surface area (Å²) in [6.45, 7) is 0.610. The standard InChI is InChI=1S/C15H12N2O2S2/c18-15(19)11-7-13(21-9-11)8-17-12-3-1-2-10(6-12)14-16-4-5-20-14/h1-7,9,17H,8H2,(H,18,19). The van der Waals surface area contributed by atoms with Crippen molar-refractivity contribution in [2.45, 2.75) is 6.54 Å². The van der Waals surface area contributed by atoms with Crippen molar-refractivity contribution in [1.29, 1.82) is 0 Å². The fourth-order valence-corrected chi connectivity index (χ4v) is 3.34. The van der Waals surface area contributed by atoms with Gasteiger partial charge in [0.2, 0.25) is 0 Å². The Kier molecular flexibility index (Phi) is 3.98. The van der Waals surface area contributed by atoms with E-state index in [1.54, 1.807) is 29.0 Å².